The van der Waals surface area contributed by atoms with Gasteiger partial charge in [-0.15, -0.1) is 0 Å². The fraction of sp³-hybridized carbons (Fsp3) is 0.406. The maximum atomic E-state index is 13.8. The second-order valence-corrected chi connectivity index (χ2v) is 10.4. The van der Waals surface area contributed by atoms with Crippen LogP contribution in [0.25, 0.3) is 10.9 Å². The average molecular weight is 516 g/mol. The fourth-order valence-corrected chi connectivity index (χ4v) is 5.70. The SMILES string of the molecule is CCCCN(CC)Cc1ccc(CNC(=O)C2CCc3c(c4ccccc4n3Cc3cccc(F)c3)C2)o1. The highest BCUT2D eigenvalue weighted by atomic mass is 19.1. The quantitative estimate of drug-likeness (QED) is 0.249. The number of fused-ring (bicyclic) bond motifs is 3. The Morgan fingerprint density at radius 3 is 2.76 bits per heavy atom. The van der Waals surface area contributed by atoms with E-state index in [1.54, 1.807) is 12.1 Å². The lowest BCUT2D eigenvalue weighted by atomic mass is 9.85. The molecule has 0 spiro atoms. The van der Waals surface area contributed by atoms with Crippen molar-refractivity contribution in [2.75, 3.05) is 13.1 Å². The molecule has 5 nitrogen and oxygen atoms in total. The number of carbonyl (C=O) groups excluding carboxylic acids is 1. The number of halogens is 1. The Hall–Kier alpha value is -3.38. The number of carbonyl (C=O) groups is 1. The number of aromatic nitrogens is 1. The molecule has 1 aliphatic rings. The lowest BCUT2D eigenvalue weighted by molar-refractivity contribution is -0.125. The van der Waals surface area contributed by atoms with Crippen LogP contribution < -0.4 is 5.32 Å². The monoisotopic (exact) mass is 515 g/mol. The molecule has 38 heavy (non-hydrogen) atoms. The summed E-state index contributed by atoms with van der Waals surface area (Å²) < 4.78 is 22.2. The Labute approximate surface area is 224 Å². The van der Waals surface area contributed by atoms with Crippen molar-refractivity contribution >= 4 is 16.8 Å². The molecule has 0 bridgehead atoms. The first-order valence-electron chi connectivity index (χ1n) is 14.0. The number of hydrogen-bond acceptors (Lipinski definition) is 3. The van der Waals surface area contributed by atoms with Crippen molar-refractivity contribution in [3.05, 3.63) is 94.8 Å². The van der Waals surface area contributed by atoms with Gasteiger partial charge in [0.25, 0.3) is 0 Å². The molecule has 1 unspecified atom stereocenters. The first kappa shape index (κ1) is 26.2. The third-order valence-electron chi connectivity index (χ3n) is 7.78. The molecule has 0 aliphatic heterocycles. The number of nitrogens with zero attached hydrogens (tertiary/aromatic N) is 2. The van der Waals surface area contributed by atoms with E-state index >= 15 is 0 Å². The van der Waals surface area contributed by atoms with Crippen LogP contribution in [0, 0.1) is 11.7 Å². The van der Waals surface area contributed by atoms with Crippen LogP contribution >= 0.6 is 0 Å². The molecule has 0 saturated heterocycles. The summed E-state index contributed by atoms with van der Waals surface area (Å²) >= 11 is 0. The third kappa shape index (κ3) is 5.86. The Morgan fingerprint density at radius 2 is 1.95 bits per heavy atom. The van der Waals surface area contributed by atoms with E-state index in [1.165, 1.54) is 35.6 Å². The van der Waals surface area contributed by atoms with Gasteiger partial charge >= 0.3 is 0 Å². The van der Waals surface area contributed by atoms with Gasteiger partial charge in [0.1, 0.15) is 17.3 Å². The highest BCUT2D eigenvalue weighted by Gasteiger charge is 2.29. The van der Waals surface area contributed by atoms with Crippen molar-refractivity contribution < 1.29 is 13.6 Å². The van der Waals surface area contributed by atoms with Gasteiger partial charge in [-0.3, -0.25) is 9.69 Å². The predicted octanol–water partition coefficient (Wildman–Crippen LogP) is 6.47. The van der Waals surface area contributed by atoms with Crippen molar-refractivity contribution in [3.63, 3.8) is 0 Å². The highest BCUT2D eigenvalue weighted by Crippen LogP contribution is 2.35. The zero-order valence-electron chi connectivity index (χ0n) is 22.5. The maximum absolute atomic E-state index is 13.8. The fourth-order valence-electron chi connectivity index (χ4n) is 5.70. The number of hydrogen-bond donors (Lipinski definition) is 1. The van der Waals surface area contributed by atoms with Crippen LogP contribution in [-0.2, 0) is 37.3 Å². The number of benzene rings is 2. The van der Waals surface area contributed by atoms with Crippen molar-refractivity contribution in [1.82, 2.24) is 14.8 Å². The standard InChI is InChI=1S/C32H38FN3O2/c1-3-5-17-35(4-2)22-27-15-14-26(38-27)20-34-32(37)24-13-16-31-29(19-24)28-11-6-7-12-30(28)36(31)21-23-9-8-10-25(33)18-23/h6-12,14-15,18,24H,3-5,13,16-17,19-22H2,1-2H3,(H,34,37). The van der Waals surface area contributed by atoms with Gasteiger partial charge in [-0.1, -0.05) is 50.6 Å². The maximum Gasteiger partial charge on any atom is 0.223 e. The average Bonchev–Trinajstić information content (AvgIpc) is 3.51. The molecular weight excluding hydrogens is 477 g/mol. The van der Waals surface area contributed by atoms with Crippen molar-refractivity contribution in [1.29, 1.82) is 0 Å². The number of nitrogens with one attached hydrogen (secondary N) is 1. The van der Waals surface area contributed by atoms with Crippen molar-refractivity contribution in [2.45, 2.75) is 65.6 Å². The normalized spacial score (nSPS) is 15.2. The lowest BCUT2D eigenvalue weighted by Gasteiger charge is -2.23. The van der Waals surface area contributed by atoms with Crippen LogP contribution in [0.15, 0.2) is 65.1 Å². The molecular formula is C32H38FN3O2. The first-order valence-corrected chi connectivity index (χ1v) is 14.0. The van der Waals surface area contributed by atoms with E-state index in [0.29, 0.717) is 19.5 Å². The Morgan fingerprint density at radius 1 is 1.11 bits per heavy atom. The molecule has 2 aromatic heterocycles. The minimum Gasteiger partial charge on any atom is -0.463 e. The van der Waals surface area contributed by atoms with Gasteiger partial charge in [-0.05, 0) is 80.2 Å². The second-order valence-electron chi connectivity index (χ2n) is 10.4. The first-order chi connectivity index (χ1) is 18.6. The Bertz CT molecular complexity index is 1390. The lowest BCUT2D eigenvalue weighted by Crippen LogP contribution is -2.33. The third-order valence-corrected chi connectivity index (χ3v) is 7.78. The van der Waals surface area contributed by atoms with Crippen LogP contribution in [0.3, 0.4) is 0 Å². The molecule has 4 aromatic rings. The van der Waals surface area contributed by atoms with E-state index < -0.39 is 0 Å². The van der Waals surface area contributed by atoms with Gasteiger partial charge in [0.2, 0.25) is 5.91 Å². The summed E-state index contributed by atoms with van der Waals surface area (Å²) in [6.45, 7) is 8.28. The van der Waals surface area contributed by atoms with Crippen LogP contribution in [0.1, 0.15) is 61.5 Å². The number of amides is 1. The summed E-state index contributed by atoms with van der Waals surface area (Å²) in [5, 5.41) is 4.31. The zero-order chi connectivity index (χ0) is 26.5. The minimum absolute atomic E-state index is 0.0741. The second kappa shape index (κ2) is 12.0. The molecule has 200 valence electrons. The van der Waals surface area contributed by atoms with E-state index in [-0.39, 0.29) is 17.6 Å². The van der Waals surface area contributed by atoms with Gasteiger partial charge in [0.05, 0.1) is 13.1 Å². The number of rotatable bonds is 11. The van der Waals surface area contributed by atoms with E-state index in [4.69, 9.17) is 4.42 Å². The predicted molar refractivity (Wildman–Crippen MR) is 149 cm³/mol. The summed E-state index contributed by atoms with van der Waals surface area (Å²) in [7, 11) is 0. The van der Waals surface area contributed by atoms with E-state index in [2.05, 4.69) is 46.8 Å². The Balaban J connectivity index is 1.25. The van der Waals surface area contributed by atoms with Crippen LogP contribution in [-0.4, -0.2) is 28.5 Å². The van der Waals surface area contributed by atoms with E-state index in [1.807, 2.05) is 24.3 Å². The molecule has 1 atom stereocenters. The smallest absolute Gasteiger partial charge is 0.223 e. The summed E-state index contributed by atoms with van der Waals surface area (Å²) in [5.41, 5.74) is 4.60. The van der Waals surface area contributed by atoms with Crippen molar-refractivity contribution in [2.24, 2.45) is 5.92 Å². The van der Waals surface area contributed by atoms with Gasteiger partial charge in [0.15, 0.2) is 0 Å². The molecule has 6 heteroatoms. The van der Waals surface area contributed by atoms with Gasteiger partial charge in [0, 0.05) is 29.1 Å². The molecule has 1 N–H and O–H groups in total. The largest absolute Gasteiger partial charge is 0.463 e. The van der Waals surface area contributed by atoms with Crippen LogP contribution in [0.5, 0.6) is 0 Å². The number of para-hydroxylation sites is 1. The van der Waals surface area contributed by atoms with E-state index in [0.717, 1.165) is 55.1 Å². The summed E-state index contributed by atoms with van der Waals surface area (Å²) in [5.74, 6) is 1.53. The summed E-state index contributed by atoms with van der Waals surface area (Å²) in [4.78, 5) is 15.6. The molecule has 2 heterocycles. The van der Waals surface area contributed by atoms with Gasteiger partial charge in [-0.25, -0.2) is 4.39 Å². The molecule has 2 aromatic carbocycles. The van der Waals surface area contributed by atoms with Gasteiger partial charge < -0.3 is 14.3 Å². The zero-order valence-corrected chi connectivity index (χ0v) is 22.5. The summed E-state index contributed by atoms with van der Waals surface area (Å²) in [6, 6.07) is 19.2. The topological polar surface area (TPSA) is 50.4 Å². The Kier molecular flexibility index (Phi) is 8.28. The van der Waals surface area contributed by atoms with Gasteiger partial charge in [-0.2, -0.15) is 0 Å². The molecule has 0 saturated carbocycles. The van der Waals surface area contributed by atoms with E-state index in [9.17, 15) is 9.18 Å². The van der Waals surface area contributed by atoms with Crippen LogP contribution in [0.2, 0.25) is 0 Å². The summed E-state index contributed by atoms with van der Waals surface area (Å²) in [6.07, 6.45) is 4.70. The highest BCUT2D eigenvalue weighted by molar-refractivity contribution is 5.87. The minimum atomic E-state index is -0.215. The molecule has 0 radical (unpaired) electrons. The van der Waals surface area contributed by atoms with Crippen LogP contribution in [0.4, 0.5) is 4.39 Å². The van der Waals surface area contributed by atoms with Crippen molar-refractivity contribution in [3.8, 4) is 0 Å². The number of unbranched alkanes of at least 4 members (excludes halogenated alkanes) is 1. The number of furan rings is 1. The molecule has 1 amide bonds. The molecule has 1 aliphatic carbocycles. The molecule has 5 rings (SSSR count). The molecule has 0 fully saturated rings.